The molecule has 0 aliphatic rings. The van der Waals surface area contributed by atoms with E-state index in [0.717, 1.165) is 11.3 Å². The van der Waals surface area contributed by atoms with Crippen LogP contribution in [0.1, 0.15) is 15.9 Å². The van der Waals surface area contributed by atoms with E-state index >= 15 is 0 Å². The van der Waals surface area contributed by atoms with E-state index in [0.29, 0.717) is 6.61 Å². The van der Waals surface area contributed by atoms with Crippen LogP contribution in [0.4, 0.5) is 0 Å². The quantitative estimate of drug-likeness (QED) is 0.489. The van der Waals surface area contributed by atoms with Gasteiger partial charge in [0, 0.05) is 0 Å². The third kappa shape index (κ3) is 4.21. The minimum absolute atomic E-state index is 0.0843. The molecular weight excluding hydrogens is 280 g/mol. The summed E-state index contributed by atoms with van der Waals surface area (Å²) in [6.07, 6.45) is 3.18. The SMILES string of the molecule is C=CCOc1ccc(/C=N\NC(=O)c2ccccc2O)cc1. The van der Waals surface area contributed by atoms with Crippen molar-refractivity contribution >= 4 is 12.1 Å². The van der Waals surface area contributed by atoms with Gasteiger partial charge in [0.15, 0.2) is 0 Å². The largest absolute Gasteiger partial charge is 0.507 e. The van der Waals surface area contributed by atoms with E-state index in [9.17, 15) is 9.90 Å². The second kappa shape index (κ2) is 7.64. The van der Waals surface area contributed by atoms with Gasteiger partial charge in [0.2, 0.25) is 0 Å². The van der Waals surface area contributed by atoms with Gasteiger partial charge in [0.1, 0.15) is 18.1 Å². The number of carbonyl (C=O) groups excluding carboxylic acids is 1. The van der Waals surface area contributed by atoms with Gasteiger partial charge >= 0.3 is 0 Å². The number of nitrogens with zero attached hydrogens (tertiary/aromatic N) is 1. The van der Waals surface area contributed by atoms with E-state index < -0.39 is 5.91 Å². The monoisotopic (exact) mass is 296 g/mol. The molecular formula is C17H16N2O3. The van der Waals surface area contributed by atoms with Gasteiger partial charge in [0.25, 0.3) is 5.91 Å². The summed E-state index contributed by atoms with van der Waals surface area (Å²) < 4.78 is 5.36. The fraction of sp³-hybridized carbons (Fsp3) is 0.0588. The zero-order valence-corrected chi connectivity index (χ0v) is 11.9. The number of amides is 1. The molecule has 2 N–H and O–H groups in total. The van der Waals surface area contributed by atoms with E-state index in [1.165, 1.54) is 18.3 Å². The third-order valence-corrected chi connectivity index (χ3v) is 2.78. The normalized spacial score (nSPS) is 10.4. The molecule has 112 valence electrons. The summed E-state index contributed by atoms with van der Waals surface area (Å²) in [6.45, 7) is 4.03. The summed E-state index contributed by atoms with van der Waals surface area (Å²) in [4.78, 5) is 11.8. The zero-order valence-electron chi connectivity index (χ0n) is 11.9. The van der Waals surface area contributed by atoms with Gasteiger partial charge in [-0.1, -0.05) is 24.8 Å². The number of rotatable bonds is 6. The van der Waals surface area contributed by atoms with Gasteiger partial charge < -0.3 is 9.84 Å². The summed E-state index contributed by atoms with van der Waals surface area (Å²) in [6, 6.07) is 13.5. The van der Waals surface area contributed by atoms with Crippen molar-refractivity contribution in [2.75, 3.05) is 6.61 Å². The topological polar surface area (TPSA) is 70.9 Å². The maximum absolute atomic E-state index is 11.8. The summed E-state index contributed by atoms with van der Waals surface area (Å²) in [5.74, 6) is 0.175. The lowest BCUT2D eigenvalue weighted by Crippen LogP contribution is -2.17. The van der Waals surface area contributed by atoms with Gasteiger partial charge in [-0.05, 0) is 42.0 Å². The molecule has 0 aromatic heterocycles. The molecule has 0 bridgehead atoms. The average Bonchev–Trinajstić information content (AvgIpc) is 2.54. The third-order valence-electron chi connectivity index (χ3n) is 2.78. The Hall–Kier alpha value is -3.08. The Bertz CT molecular complexity index is 679. The molecule has 0 heterocycles. The molecule has 22 heavy (non-hydrogen) atoms. The number of phenols is 1. The Balaban J connectivity index is 1.93. The summed E-state index contributed by atoms with van der Waals surface area (Å²) in [5.41, 5.74) is 3.35. The van der Waals surface area contributed by atoms with Crippen LogP contribution in [-0.2, 0) is 0 Å². The van der Waals surface area contributed by atoms with Crippen LogP contribution >= 0.6 is 0 Å². The summed E-state index contributed by atoms with van der Waals surface area (Å²) >= 11 is 0. The first-order chi connectivity index (χ1) is 10.7. The number of ether oxygens (including phenoxy) is 1. The summed E-state index contributed by atoms with van der Waals surface area (Å²) in [5, 5.41) is 13.4. The van der Waals surface area contributed by atoms with Crippen LogP contribution in [0, 0.1) is 0 Å². The van der Waals surface area contributed by atoms with Crippen molar-refractivity contribution in [1.29, 1.82) is 0 Å². The predicted octanol–water partition coefficient (Wildman–Crippen LogP) is 2.72. The first-order valence-corrected chi connectivity index (χ1v) is 6.66. The number of carbonyl (C=O) groups is 1. The lowest BCUT2D eigenvalue weighted by atomic mass is 10.2. The number of para-hydroxylation sites is 1. The van der Waals surface area contributed by atoms with Crippen LogP contribution in [0.2, 0.25) is 0 Å². The van der Waals surface area contributed by atoms with Crippen molar-refractivity contribution in [2.24, 2.45) is 5.10 Å². The van der Waals surface area contributed by atoms with Crippen LogP contribution < -0.4 is 10.2 Å². The van der Waals surface area contributed by atoms with Crippen LogP contribution in [0.15, 0.2) is 66.3 Å². The first kappa shape index (κ1) is 15.3. The molecule has 5 nitrogen and oxygen atoms in total. The molecule has 2 rings (SSSR count). The van der Waals surface area contributed by atoms with Gasteiger partial charge in [0.05, 0.1) is 11.8 Å². The number of hydrogen-bond donors (Lipinski definition) is 2. The van der Waals surface area contributed by atoms with Gasteiger partial charge in [-0.2, -0.15) is 5.10 Å². The van der Waals surface area contributed by atoms with Gasteiger partial charge in [-0.25, -0.2) is 5.43 Å². The fourth-order valence-electron chi connectivity index (χ4n) is 1.70. The molecule has 0 aliphatic heterocycles. The van der Waals surface area contributed by atoms with E-state index in [2.05, 4.69) is 17.1 Å². The minimum atomic E-state index is -0.472. The van der Waals surface area contributed by atoms with Crippen molar-refractivity contribution in [3.63, 3.8) is 0 Å². The van der Waals surface area contributed by atoms with E-state index in [1.54, 1.807) is 30.3 Å². The lowest BCUT2D eigenvalue weighted by molar-refractivity contribution is 0.0952. The van der Waals surface area contributed by atoms with E-state index in [-0.39, 0.29) is 11.3 Å². The molecule has 0 spiro atoms. The maximum Gasteiger partial charge on any atom is 0.275 e. The Morgan fingerprint density at radius 2 is 1.95 bits per heavy atom. The van der Waals surface area contributed by atoms with Crippen molar-refractivity contribution in [1.82, 2.24) is 5.43 Å². The van der Waals surface area contributed by atoms with Crippen molar-refractivity contribution < 1.29 is 14.6 Å². The molecule has 1 amide bonds. The highest BCUT2D eigenvalue weighted by Gasteiger charge is 2.08. The molecule has 5 heteroatoms. The van der Waals surface area contributed by atoms with Crippen molar-refractivity contribution in [3.8, 4) is 11.5 Å². The molecule has 0 saturated carbocycles. The summed E-state index contributed by atoms with van der Waals surface area (Å²) in [7, 11) is 0. The molecule has 0 saturated heterocycles. The highest BCUT2D eigenvalue weighted by molar-refractivity contribution is 5.97. The van der Waals surface area contributed by atoms with Gasteiger partial charge in [-0.3, -0.25) is 4.79 Å². The number of hydrogen-bond acceptors (Lipinski definition) is 4. The van der Waals surface area contributed by atoms with Crippen LogP contribution in [-0.4, -0.2) is 23.8 Å². The maximum atomic E-state index is 11.8. The molecule has 0 aliphatic carbocycles. The number of aromatic hydroxyl groups is 1. The highest BCUT2D eigenvalue weighted by Crippen LogP contribution is 2.15. The molecule has 0 fully saturated rings. The predicted molar refractivity (Wildman–Crippen MR) is 85.3 cm³/mol. The highest BCUT2D eigenvalue weighted by atomic mass is 16.5. The van der Waals surface area contributed by atoms with Gasteiger partial charge in [-0.15, -0.1) is 0 Å². The Morgan fingerprint density at radius 3 is 2.64 bits per heavy atom. The zero-order chi connectivity index (χ0) is 15.8. The first-order valence-electron chi connectivity index (χ1n) is 6.66. The molecule has 0 radical (unpaired) electrons. The van der Waals surface area contributed by atoms with Crippen molar-refractivity contribution in [2.45, 2.75) is 0 Å². The Labute approximate surface area is 128 Å². The standard InChI is InChI=1S/C17H16N2O3/c1-2-11-22-14-9-7-13(8-10-14)12-18-19-17(21)15-5-3-4-6-16(15)20/h2-10,12,20H,1,11H2,(H,19,21)/b18-12-. The molecule has 0 atom stereocenters. The van der Waals surface area contributed by atoms with Crippen LogP contribution in [0.25, 0.3) is 0 Å². The lowest BCUT2D eigenvalue weighted by Gasteiger charge is -2.03. The molecule has 0 unspecified atom stereocenters. The number of phenolic OH excluding ortho intramolecular Hbond substituents is 1. The van der Waals surface area contributed by atoms with E-state index in [4.69, 9.17) is 4.74 Å². The molecule has 2 aromatic rings. The smallest absolute Gasteiger partial charge is 0.275 e. The Kier molecular flexibility index (Phi) is 5.31. The number of hydrazone groups is 1. The second-order valence-electron chi connectivity index (χ2n) is 4.38. The average molecular weight is 296 g/mol. The second-order valence-corrected chi connectivity index (χ2v) is 4.38. The van der Waals surface area contributed by atoms with Crippen molar-refractivity contribution in [3.05, 3.63) is 72.3 Å². The Morgan fingerprint density at radius 1 is 1.23 bits per heavy atom. The van der Waals surface area contributed by atoms with E-state index in [1.807, 2.05) is 12.1 Å². The fourth-order valence-corrected chi connectivity index (χ4v) is 1.70. The number of benzene rings is 2. The van der Waals surface area contributed by atoms with Crippen LogP contribution in [0.5, 0.6) is 11.5 Å². The van der Waals surface area contributed by atoms with Crippen LogP contribution in [0.3, 0.4) is 0 Å². The molecule has 2 aromatic carbocycles. The number of nitrogens with one attached hydrogen (secondary N) is 1. The minimum Gasteiger partial charge on any atom is -0.507 e.